The van der Waals surface area contributed by atoms with Crippen molar-refractivity contribution in [2.45, 2.75) is 19.5 Å². The molecule has 0 unspecified atom stereocenters. The van der Waals surface area contributed by atoms with Crippen LogP contribution in [0.1, 0.15) is 12.0 Å². The summed E-state index contributed by atoms with van der Waals surface area (Å²) >= 11 is 3.52. The number of nitrogens with one attached hydrogen (secondary N) is 1. The van der Waals surface area contributed by atoms with Crippen LogP contribution in [-0.4, -0.2) is 25.2 Å². The quantitative estimate of drug-likeness (QED) is 0.524. The molecule has 0 aliphatic heterocycles. The summed E-state index contributed by atoms with van der Waals surface area (Å²) in [6.07, 6.45) is 1.78. The number of rotatable bonds is 5. The number of hydrogen-bond acceptors (Lipinski definition) is 2. The Morgan fingerprint density at radius 3 is 2.58 bits per heavy atom. The van der Waals surface area contributed by atoms with Gasteiger partial charge in [0.2, 0.25) is 0 Å². The van der Waals surface area contributed by atoms with E-state index >= 15 is 0 Å². The second-order valence-electron chi connectivity index (χ2n) is 6.16. The first kappa shape index (κ1) is 16.7. The number of fused-ring (bicyclic) bond motifs is 2. The zero-order valence-corrected chi connectivity index (χ0v) is 15.4. The highest BCUT2D eigenvalue weighted by Crippen LogP contribution is 2.25. The van der Waals surface area contributed by atoms with Crippen molar-refractivity contribution in [3.8, 4) is 0 Å². The lowest BCUT2D eigenvalue weighted by Gasteiger charge is -2.07. The van der Waals surface area contributed by atoms with Gasteiger partial charge in [0.15, 0.2) is 0 Å². The molecule has 0 aliphatic rings. The number of aryl methyl sites for hydroxylation is 1. The molecule has 0 fully saturated rings. The first-order valence-corrected chi connectivity index (χ1v) is 8.99. The Balaban J connectivity index is 1.86. The van der Waals surface area contributed by atoms with Crippen molar-refractivity contribution >= 4 is 43.8 Å². The van der Waals surface area contributed by atoms with Crippen LogP contribution in [0.3, 0.4) is 0 Å². The smallest absolute Gasteiger partial charge is 0.329 e. The van der Waals surface area contributed by atoms with Crippen molar-refractivity contribution in [2.24, 2.45) is 0 Å². The summed E-state index contributed by atoms with van der Waals surface area (Å²) in [5.74, 6) is -0.922. The Labute approximate surface area is 156 Å². The number of carboxylic acid groups (broad SMARTS) is 1. The molecule has 0 bridgehead atoms. The third-order valence-electron chi connectivity index (χ3n) is 4.52. The maximum atomic E-state index is 13.0. The standard InChI is InChI=1S/C19H16BrN3O3/c20-13-9-12(14-5-7-21-15(14)10-13)11-23-17-4-2-1-3-16(17)22(19(23)26)8-6-18(24)25/h1-5,7,9-10,21H,6,8,11H2,(H,24,25). The molecule has 4 rings (SSSR count). The monoisotopic (exact) mass is 413 g/mol. The molecule has 132 valence electrons. The largest absolute Gasteiger partial charge is 0.481 e. The van der Waals surface area contributed by atoms with Gasteiger partial charge in [0.1, 0.15) is 0 Å². The Morgan fingerprint density at radius 2 is 1.85 bits per heavy atom. The van der Waals surface area contributed by atoms with E-state index in [0.29, 0.717) is 6.54 Å². The molecular weight excluding hydrogens is 398 g/mol. The third kappa shape index (κ3) is 2.84. The Morgan fingerprint density at radius 1 is 1.12 bits per heavy atom. The van der Waals surface area contributed by atoms with Gasteiger partial charge in [-0.1, -0.05) is 28.1 Å². The number of aliphatic carboxylic acids is 1. The van der Waals surface area contributed by atoms with E-state index in [-0.39, 0.29) is 18.7 Å². The number of H-pyrrole nitrogens is 1. The molecule has 0 radical (unpaired) electrons. The average Bonchev–Trinajstić information content (AvgIpc) is 3.17. The summed E-state index contributed by atoms with van der Waals surface area (Å²) in [6, 6.07) is 13.5. The highest BCUT2D eigenvalue weighted by molar-refractivity contribution is 9.10. The maximum absolute atomic E-state index is 13.0. The number of aromatic nitrogens is 3. The highest BCUT2D eigenvalue weighted by Gasteiger charge is 2.15. The number of carbonyl (C=O) groups is 1. The van der Waals surface area contributed by atoms with Crippen LogP contribution >= 0.6 is 15.9 Å². The van der Waals surface area contributed by atoms with Crippen LogP contribution in [0.5, 0.6) is 0 Å². The molecule has 0 aliphatic carbocycles. The van der Waals surface area contributed by atoms with Crippen LogP contribution in [-0.2, 0) is 17.9 Å². The molecule has 2 N–H and O–H groups in total. The molecule has 2 aromatic carbocycles. The third-order valence-corrected chi connectivity index (χ3v) is 4.98. The fraction of sp³-hybridized carbons (Fsp3) is 0.158. The molecule has 6 nitrogen and oxygen atoms in total. The van der Waals surface area contributed by atoms with Crippen molar-refractivity contribution in [1.29, 1.82) is 0 Å². The van der Waals surface area contributed by atoms with Crippen LogP contribution in [0.2, 0.25) is 0 Å². The molecule has 7 heteroatoms. The minimum atomic E-state index is -0.922. The van der Waals surface area contributed by atoms with Crippen LogP contribution in [0.15, 0.2) is 57.9 Å². The molecule has 0 saturated heterocycles. The van der Waals surface area contributed by atoms with E-state index in [1.165, 1.54) is 4.57 Å². The number of imidazole rings is 1. The lowest BCUT2D eigenvalue weighted by Crippen LogP contribution is -2.25. The summed E-state index contributed by atoms with van der Waals surface area (Å²) in [6.45, 7) is 0.562. The van der Waals surface area contributed by atoms with Gasteiger partial charge in [-0.15, -0.1) is 0 Å². The Kier molecular flexibility index (Phi) is 4.16. The molecule has 0 amide bonds. The Bertz CT molecular complexity index is 1190. The first-order valence-electron chi connectivity index (χ1n) is 8.20. The number of para-hydroxylation sites is 2. The van der Waals surface area contributed by atoms with Gasteiger partial charge in [-0.2, -0.15) is 0 Å². The van der Waals surface area contributed by atoms with Crippen molar-refractivity contribution in [3.63, 3.8) is 0 Å². The van der Waals surface area contributed by atoms with Crippen LogP contribution in [0, 0.1) is 0 Å². The highest BCUT2D eigenvalue weighted by atomic mass is 79.9. The van der Waals surface area contributed by atoms with Crippen molar-refractivity contribution < 1.29 is 9.90 Å². The normalized spacial score (nSPS) is 11.4. The van der Waals surface area contributed by atoms with E-state index in [9.17, 15) is 9.59 Å². The van der Waals surface area contributed by atoms with E-state index in [4.69, 9.17) is 5.11 Å². The van der Waals surface area contributed by atoms with E-state index < -0.39 is 5.97 Å². The Hall–Kier alpha value is -2.80. The predicted molar refractivity (Wildman–Crippen MR) is 104 cm³/mol. The lowest BCUT2D eigenvalue weighted by atomic mass is 10.1. The minimum Gasteiger partial charge on any atom is -0.481 e. The second kappa shape index (κ2) is 6.49. The number of halogens is 1. The summed E-state index contributed by atoms with van der Waals surface area (Å²) in [5.41, 5.74) is 3.36. The molecule has 26 heavy (non-hydrogen) atoms. The van der Waals surface area contributed by atoms with Gasteiger partial charge in [-0.05, 0) is 35.9 Å². The van der Waals surface area contributed by atoms with E-state index in [1.807, 2.05) is 48.7 Å². The van der Waals surface area contributed by atoms with Crippen LogP contribution in [0.4, 0.5) is 0 Å². The van der Waals surface area contributed by atoms with Crippen molar-refractivity contribution in [2.75, 3.05) is 0 Å². The van der Waals surface area contributed by atoms with Crippen molar-refractivity contribution in [3.05, 3.63) is 69.2 Å². The maximum Gasteiger partial charge on any atom is 0.329 e. The molecule has 0 atom stereocenters. The fourth-order valence-corrected chi connectivity index (χ4v) is 3.86. The number of nitrogens with zero attached hydrogens (tertiary/aromatic N) is 2. The second-order valence-corrected chi connectivity index (χ2v) is 7.07. The van der Waals surface area contributed by atoms with Gasteiger partial charge in [0.05, 0.1) is 24.0 Å². The summed E-state index contributed by atoms with van der Waals surface area (Å²) in [4.78, 5) is 27.1. The molecular formula is C19H16BrN3O3. The number of hydrogen-bond donors (Lipinski definition) is 2. The van der Waals surface area contributed by atoms with Gasteiger partial charge < -0.3 is 10.1 Å². The van der Waals surface area contributed by atoms with Gasteiger partial charge in [0, 0.05) is 28.1 Å². The van der Waals surface area contributed by atoms with Crippen LogP contribution in [0.25, 0.3) is 21.9 Å². The van der Waals surface area contributed by atoms with E-state index in [2.05, 4.69) is 20.9 Å². The zero-order chi connectivity index (χ0) is 18.3. The first-order chi connectivity index (χ1) is 12.5. The average molecular weight is 414 g/mol. The minimum absolute atomic E-state index is 0.0904. The van der Waals surface area contributed by atoms with Gasteiger partial charge in [0.25, 0.3) is 0 Å². The summed E-state index contributed by atoms with van der Waals surface area (Å²) in [7, 11) is 0. The number of aromatic amines is 1. The van der Waals surface area contributed by atoms with E-state index in [1.54, 1.807) is 4.57 Å². The molecule has 4 aromatic rings. The van der Waals surface area contributed by atoms with Crippen LogP contribution < -0.4 is 5.69 Å². The lowest BCUT2D eigenvalue weighted by molar-refractivity contribution is -0.137. The van der Waals surface area contributed by atoms with E-state index in [0.717, 1.165) is 32.0 Å². The van der Waals surface area contributed by atoms with Gasteiger partial charge in [-0.25, -0.2) is 4.79 Å². The number of carboxylic acids is 1. The molecule has 2 heterocycles. The molecule has 0 saturated carbocycles. The molecule has 0 spiro atoms. The van der Waals surface area contributed by atoms with Gasteiger partial charge >= 0.3 is 11.7 Å². The topological polar surface area (TPSA) is 80.0 Å². The number of benzene rings is 2. The summed E-state index contributed by atoms with van der Waals surface area (Å²) < 4.78 is 4.17. The SMILES string of the molecule is O=C(O)CCn1c(=O)n(Cc2cc(Br)cc3[nH]ccc23)c2ccccc21. The molecule has 2 aromatic heterocycles. The predicted octanol–water partition coefficient (Wildman–Crippen LogP) is 3.57. The van der Waals surface area contributed by atoms with Gasteiger partial charge in [-0.3, -0.25) is 13.9 Å². The fourth-order valence-electron chi connectivity index (χ4n) is 3.36. The summed E-state index contributed by atoms with van der Waals surface area (Å²) in [5, 5.41) is 10.0. The van der Waals surface area contributed by atoms with Crippen molar-refractivity contribution in [1.82, 2.24) is 14.1 Å². The zero-order valence-electron chi connectivity index (χ0n) is 13.8.